The van der Waals surface area contributed by atoms with Crippen LogP contribution in [-0.4, -0.2) is 12.6 Å². The zero-order valence-electron chi connectivity index (χ0n) is 11.4. The largest absolute Gasteiger partial charge is 0.314 e. The second-order valence-corrected chi connectivity index (χ2v) is 5.45. The molecule has 0 saturated carbocycles. The first-order chi connectivity index (χ1) is 7.88. The van der Waals surface area contributed by atoms with Gasteiger partial charge in [-0.1, -0.05) is 52.4 Å². The van der Waals surface area contributed by atoms with Gasteiger partial charge in [-0.05, 0) is 38.1 Å². The van der Waals surface area contributed by atoms with Gasteiger partial charge < -0.3 is 5.32 Å². The van der Waals surface area contributed by atoms with Crippen LogP contribution in [0.2, 0.25) is 0 Å². The minimum absolute atomic E-state index is 0.845. The van der Waals surface area contributed by atoms with Gasteiger partial charge in [0.05, 0.1) is 0 Å². The summed E-state index contributed by atoms with van der Waals surface area (Å²) in [5, 5.41) is 3.75. The van der Waals surface area contributed by atoms with E-state index < -0.39 is 0 Å². The molecule has 0 aromatic rings. The van der Waals surface area contributed by atoms with Crippen LogP contribution in [-0.2, 0) is 0 Å². The maximum absolute atomic E-state index is 3.75. The third kappa shape index (κ3) is 5.34. The SMILES string of the molecule is CCCCCC1CCCNC1CCCCC. The molecule has 0 aliphatic carbocycles. The van der Waals surface area contributed by atoms with E-state index in [1.165, 1.54) is 70.8 Å². The Morgan fingerprint density at radius 3 is 2.31 bits per heavy atom. The van der Waals surface area contributed by atoms with Gasteiger partial charge in [0, 0.05) is 6.04 Å². The van der Waals surface area contributed by atoms with E-state index in [9.17, 15) is 0 Å². The molecule has 96 valence electrons. The van der Waals surface area contributed by atoms with Crippen molar-refractivity contribution >= 4 is 0 Å². The summed E-state index contributed by atoms with van der Waals surface area (Å²) in [6, 6.07) is 0.845. The Balaban J connectivity index is 2.20. The van der Waals surface area contributed by atoms with E-state index in [-0.39, 0.29) is 0 Å². The fourth-order valence-corrected chi connectivity index (χ4v) is 2.97. The molecular weight excluding hydrogens is 194 g/mol. The van der Waals surface area contributed by atoms with Crippen LogP contribution >= 0.6 is 0 Å². The van der Waals surface area contributed by atoms with Crippen molar-refractivity contribution in [3.8, 4) is 0 Å². The Kier molecular flexibility index (Phi) is 7.92. The molecule has 1 N–H and O–H groups in total. The Bertz CT molecular complexity index is 138. The van der Waals surface area contributed by atoms with E-state index in [1.807, 2.05) is 0 Å². The van der Waals surface area contributed by atoms with Crippen LogP contribution in [0.15, 0.2) is 0 Å². The maximum Gasteiger partial charge on any atom is 0.00953 e. The average Bonchev–Trinajstić information content (AvgIpc) is 2.32. The lowest BCUT2D eigenvalue weighted by Gasteiger charge is -2.33. The highest BCUT2D eigenvalue weighted by molar-refractivity contribution is 4.81. The van der Waals surface area contributed by atoms with Gasteiger partial charge in [0.1, 0.15) is 0 Å². The minimum Gasteiger partial charge on any atom is -0.314 e. The molecule has 1 aliphatic rings. The summed E-state index contributed by atoms with van der Waals surface area (Å²) in [6.07, 6.45) is 14.2. The van der Waals surface area contributed by atoms with Crippen molar-refractivity contribution in [1.29, 1.82) is 0 Å². The highest BCUT2D eigenvalue weighted by Gasteiger charge is 2.23. The lowest BCUT2D eigenvalue weighted by molar-refractivity contribution is 0.244. The molecule has 1 rings (SSSR count). The van der Waals surface area contributed by atoms with E-state index in [0.29, 0.717) is 0 Å². The quantitative estimate of drug-likeness (QED) is 0.599. The fourth-order valence-electron chi connectivity index (χ4n) is 2.97. The number of rotatable bonds is 8. The number of nitrogens with one attached hydrogen (secondary N) is 1. The molecule has 0 radical (unpaired) electrons. The second kappa shape index (κ2) is 9.04. The van der Waals surface area contributed by atoms with E-state index >= 15 is 0 Å². The molecule has 0 spiro atoms. The number of piperidine rings is 1. The third-order valence-corrected chi connectivity index (χ3v) is 4.02. The first-order valence-corrected chi connectivity index (χ1v) is 7.61. The van der Waals surface area contributed by atoms with Crippen LogP contribution < -0.4 is 5.32 Å². The predicted molar refractivity (Wildman–Crippen MR) is 72.8 cm³/mol. The molecule has 1 nitrogen and oxygen atoms in total. The summed E-state index contributed by atoms with van der Waals surface area (Å²) in [5.41, 5.74) is 0. The van der Waals surface area contributed by atoms with Crippen LogP contribution in [0.5, 0.6) is 0 Å². The zero-order valence-corrected chi connectivity index (χ0v) is 11.4. The summed E-state index contributed by atoms with van der Waals surface area (Å²) in [4.78, 5) is 0. The molecule has 1 heterocycles. The van der Waals surface area contributed by atoms with E-state index in [4.69, 9.17) is 0 Å². The van der Waals surface area contributed by atoms with Gasteiger partial charge in [0.15, 0.2) is 0 Å². The van der Waals surface area contributed by atoms with E-state index in [2.05, 4.69) is 19.2 Å². The smallest absolute Gasteiger partial charge is 0.00953 e. The number of hydrogen-bond donors (Lipinski definition) is 1. The Morgan fingerprint density at radius 2 is 1.62 bits per heavy atom. The lowest BCUT2D eigenvalue weighted by atomic mass is 9.84. The van der Waals surface area contributed by atoms with Crippen molar-refractivity contribution < 1.29 is 0 Å². The average molecular weight is 225 g/mol. The third-order valence-electron chi connectivity index (χ3n) is 4.02. The van der Waals surface area contributed by atoms with Crippen molar-refractivity contribution in [3.63, 3.8) is 0 Å². The Morgan fingerprint density at radius 1 is 0.938 bits per heavy atom. The van der Waals surface area contributed by atoms with Crippen LogP contribution in [0.3, 0.4) is 0 Å². The van der Waals surface area contributed by atoms with Gasteiger partial charge >= 0.3 is 0 Å². The molecule has 1 heteroatoms. The maximum atomic E-state index is 3.75. The summed E-state index contributed by atoms with van der Waals surface area (Å²) in [5.74, 6) is 0.983. The van der Waals surface area contributed by atoms with Gasteiger partial charge in [0.25, 0.3) is 0 Å². The molecule has 0 aromatic heterocycles. The first-order valence-electron chi connectivity index (χ1n) is 7.61. The van der Waals surface area contributed by atoms with Crippen molar-refractivity contribution in [2.45, 2.75) is 84.1 Å². The second-order valence-electron chi connectivity index (χ2n) is 5.45. The number of hydrogen-bond acceptors (Lipinski definition) is 1. The fraction of sp³-hybridized carbons (Fsp3) is 1.00. The molecule has 1 saturated heterocycles. The predicted octanol–water partition coefficient (Wildman–Crippen LogP) is 4.52. The highest BCUT2D eigenvalue weighted by Crippen LogP contribution is 2.25. The van der Waals surface area contributed by atoms with Crippen molar-refractivity contribution in [2.75, 3.05) is 6.54 Å². The monoisotopic (exact) mass is 225 g/mol. The van der Waals surface area contributed by atoms with Crippen molar-refractivity contribution in [2.24, 2.45) is 5.92 Å². The van der Waals surface area contributed by atoms with Crippen LogP contribution in [0.4, 0.5) is 0 Å². The molecule has 1 fully saturated rings. The molecule has 0 aromatic carbocycles. The van der Waals surface area contributed by atoms with Crippen LogP contribution in [0, 0.1) is 5.92 Å². The molecule has 0 bridgehead atoms. The molecular formula is C15H31N. The van der Waals surface area contributed by atoms with Crippen molar-refractivity contribution in [3.05, 3.63) is 0 Å². The minimum atomic E-state index is 0.845. The first kappa shape index (κ1) is 14.0. The molecule has 0 amide bonds. The van der Waals surface area contributed by atoms with Gasteiger partial charge in [0.2, 0.25) is 0 Å². The summed E-state index contributed by atoms with van der Waals surface area (Å²) >= 11 is 0. The Hall–Kier alpha value is -0.0400. The Labute approximate surface area is 102 Å². The van der Waals surface area contributed by atoms with Crippen molar-refractivity contribution in [1.82, 2.24) is 5.32 Å². The normalized spacial score (nSPS) is 25.9. The van der Waals surface area contributed by atoms with E-state index in [0.717, 1.165) is 12.0 Å². The lowest BCUT2D eigenvalue weighted by Crippen LogP contribution is -2.41. The van der Waals surface area contributed by atoms with Gasteiger partial charge in [-0.25, -0.2) is 0 Å². The summed E-state index contributed by atoms with van der Waals surface area (Å²) in [7, 11) is 0. The highest BCUT2D eigenvalue weighted by atomic mass is 14.9. The standard InChI is InChI=1S/C15H31N/c1-3-5-7-10-14-11-9-13-16-15(14)12-8-6-4-2/h14-16H,3-13H2,1-2H3. The summed E-state index contributed by atoms with van der Waals surface area (Å²) < 4.78 is 0. The zero-order chi connectivity index (χ0) is 11.6. The molecule has 16 heavy (non-hydrogen) atoms. The van der Waals surface area contributed by atoms with Crippen LogP contribution in [0.1, 0.15) is 78.1 Å². The summed E-state index contributed by atoms with van der Waals surface area (Å²) in [6.45, 7) is 5.87. The van der Waals surface area contributed by atoms with E-state index in [1.54, 1.807) is 0 Å². The topological polar surface area (TPSA) is 12.0 Å². The van der Waals surface area contributed by atoms with Gasteiger partial charge in [-0.15, -0.1) is 0 Å². The molecule has 2 unspecified atom stereocenters. The van der Waals surface area contributed by atoms with Gasteiger partial charge in [-0.3, -0.25) is 0 Å². The van der Waals surface area contributed by atoms with Crippen LogP contribution in [0.25, 0.3) is 0 Å². The molecule has 1 aliphatic heterocycles. The van der Waals surface area contributed by atoms with Gasteiger partial charge in [-0.2, -0.15) is 0 Å². The number of unbranched alkanes of at least 4 members (excludes halogenated alkanes) is 4. The molecule has 2 atom stereocenters.